The second-order valence-corrected chi connectivity index (χ2v) is 6.34. The molecule has 0 aliphatic carbocycles. The Morgan fingerprint density at radius 2 is 2.33 bits per heavy atom. The highest BCUT2D eigenvalue weighted by Gasteiger charge is 2.31. The summed E-state index contributed by atoms with van der Waals surface area (Å²) in [6.45, 7) is 1.36. The lowest BCUT2D eigenvalue weighted by Gasteiger charge is -2.20. The minimum atomic E-state index is -1.14. The van der Waals surface area contributed by atoms with E-state index < -0.39 is 6.10 Å². The Labute approximate surface area is 141 Å². The predicted octanol–water partition coefficient (Wildman–Crippen LogP) is 1.55. The predicted molar refractivity (Wildman–Crippen MR) is 89.6 cm³/mol. The molecule has 1 N–H and O–H groups in total. The summed E-state index contributed by atoms with van der Waals surface area (Å²) in [5, 5.41) is 14.6. The number of likely N-dealkylation sites (tertiary alicyclic amines) is 1. The Morgan fingerprint density at radius 1 is 1.50 bits per heavy atom. The van der Waals surface area contributed by atoms with Gasteiger partial charge in [0.25, 0.3) is 5.91 Å². The summed E-state index contributed by atoms with van der Waals surface area (Å²) in [5.41, 5.74) is 1.75. The molecule has 1 amide bonds. The number of ether oxygens (including phenoxy) is 1. The molecular weight excluding hydrogens is 306 g/mol. The zero-order valence-electron chi connectivity index (χ0n) is 14.1. The van der Waals surface area contributed by atoms with Crippen LogP contribution in [0.15, 0.2) is 36.7 Å². The van der Waals surface area contributed by atoms with Crippen molar-refractivity contribution in [2.24, 2.45) is 13.0 Å². The topological polar surface area (TPSA) is 67.6 Å². The van der Waals surface area contributed by atoms with Crippen molar-refractivity contribution in [1.82, 2.24) is 14.7 Å². The number of rotatable bonds is 5. The van der Waals surface area contributed by atoms with Gasteiger partial charge in [0.05, 0.1) is 13.3 Å². The first-order chi connectivity index (χ1) is 11.6. The fraction of sp³-hybridized carbons (Fsp3) is 0.444. The van der Waals surface area contributed by atoms with Crippen LogP contribution in [0.3, 0.4) is 0 Å². The molecule has 128 valence electrons. The van der Waals surface area contributed by atoms with Gasteiger partial charge in [-0.05, 0) is 42.0 Å². The van der Waals surface area contributed by atoms with Crippen molar-refractivity contribution in [3.63, 3.8) is 0 Å². The maximum atomic E-state index is 12.6. The first-order valence-corrected chi connectivity index (χ1v) is 8.15. The number of aromatic nitrogens is 2. The van der Waals surface area contributed by atoms with Crippen LogP contribution >= 0.6 is 0 Å². The Kier molecular flexibility index (Phi) is 4.85. The summed E-state index contributed by atoms with van der Waals surface area (Å²) in [7, 11) is 3.47. The summed E-state index contributed by atoms with van der Waals surface area (Å²) in [6, 6.07) is 7.01. The summed E-state index contributed by atoms with van der Waals surface area (Å²) in [5.74, 6) is 0.808. The van der Waals surface area contributed by atoms with Crippen molar-refractivity contribution in [2.45, 2.75) is 18.9 Å². The van der Waals surface area contributed by atoms with Gasteiger partial charge >= 0.3 is 0 Å². The largest absolute Gasteiger partial charge is 0.497 e. The number of nitrogens with zero attached hydrogens (tertiary/aromatic N) is 3. The van der Waals surface area contributed by atoms with Crippen molar-refractivity contribution < 1.29 is 14.6 Å². The van der Waals surface area contributed by atoms with E-state index >= 15 is 0 Å². The van der Waals surface area contributed by atoms with Crippen molar-refractivity contribution in [1.29, 1.82) is 0 Å². The average Bonchev–Trinajstić information content (AvgIpc) is 3.23. The highest BCUT2D eigenvalue weighted by molar-refractivity contribution is 5.82. The highest BCUT2D eigenvalue weighted by atomic mass is 16.5. The maximum Gasteiger partial charge on any atom is 0.256 e. The molecule has 1 fully saturated rings. The monoisotopic (exact) mass is 329 g/mol. The molecule has 0 bridgehead atoms. The smallest absolute Gasteiger partial charge is 0.256 e. The quantitative estimate of drug-likeness (QED) is 0.904. The molecule has 0 radical (unpaired) electrons. The van der Waals surface area contributed by atoms with Crippen LogP contribution in [0.25, 0.3) is 0 Å². The Balaban J connectivity index is 1.61. The van der Waals surface area contributed by atoms with E-state index in [1.807, 2.05) is 19.4 Å². The lowest BCUT2D eigenvalue weighted by molar-refractivity contribution is -0.139. The zero-order valence-corrected chi connectivity index (χ0v) is 14.1. The third kappa shape index (κ3) is 3.59. The van der Waals surface area contributed by atoms with Crippen molar-refractivity contribution in [3.8, 4) is 5.75 Å². The van der Waals surface area contributed by atoms with Gasteiger partial charge in [-0.3, -0.25) is 9.48 Å². The zero-order chi connectivity index (χ0) is 17.1. The summed E-state index contributed by atoms with van der Waals surface area (Å²) >= 11 is 0. The minimum Gasteiger partial charge on any atom is -0.497 e. The molecule has 1 saturated heterocycles. The van der Waals surface area contributed by atoms with Gasteiger partial charge in [-0.2, -0.15) is 5.10 Å². The lowest BCUT2D eigenvalue weighted by atomic mass is 10.0. The first kappa shape index (κ1) is 16.5. The van der Waals surface area contributed by atoms with Gasteiger partial charge in [0.15, 0.2) is 6.10 Å². The molecule has 0 saturated carbocycles. The number of methoxy groups -OCH3 is 1. The van der Waals surface area contributed by atoms with Crippen LogP contribution in [0.4, 0.5) is 0 Å². The number of amides is 1. The molecule has 1 aromatic heterocycles. The molecule has 1 aliphatic heterocycles. The van der Waals surface area contributed by atoms with Crippen LogP contribution in [-0.2, 0) is 18.3 Å². The number of benzene rings is 1. The number of aryl methyl sites for hydroxylation is 1. The third-order valence-electron chi connectivity index (χ3n) is 4.52. The van der Waals surface area contributed by atoms with E-state index in [2.05, 4.69) is 5.10 Å². The van der Waals surface area contributed by atoms with Crippen molar-refractivity contribution in [2.75, 3.05) is 20.2 Å². The fourth-order valence-electron chi connectivity index (χ4n) is 3.24. The van der Waals surface area contributed by atoms with Crippen LogP contribution < -0.4 is 4.74 Å². The van der Waals surface area contributed by atoms with E-state index in [9.17, 15) is 9.90 Å². The Bertz CT molecular complexity index is 713. The van der Waals surface area contributed by atoms with Crippen LogP contribution in [0, 0.1) is 5.92 Å². The first-order valence-electron chi connectivity index (χ1n) is 8.15. The van der Waals surface area contributed by atoms with E-state index in [-0.39, 0.29) is 5.91 Å². The Hall–Kier alpha value is -2.34. The van der Waals surface area contributed by atoms with Gasteiger partial charge in [0, 0.05) is 26.3 Å². The summed E-state index contributed by atoms with van der Waals surface area (Å²) < 4.78 is 6.94. The second kappa shape index (κ2) is 7.05. The second-order valence-electron chi connectivity index (χ2n) is 6.34. The van der Waals surface area contributed by atoms with Gasteiger partial charge in [0.2, 0.25) is 0 Å². The fourth-order valence-corrected chi connectivity index (χ4v) is 3.24. The summed E-state index contributed by atoms with van der Waals surface area (Å²) in [6.07, 6.45) is 4.60. The van der Waals surface area contributed by atoms with Gasteiger partial charge in [-0.25, -0.2) is 0 Å². The Morgan fingerprint density at radius 3 is 3.04 bits per heavy atom. The number of carbonyl (C=O) groups excluding carboxylic acids is 1. The number of aliphatic hydroxyl groups excluding tert-OH is 1. The van der Waals surface area contributed by atoms with Crippen molar-refractivity contribution in [3.05, 3.63) is 47.8 Å². The van der Waals surface area contributed by atoms with E-state index in [1.165, 1.54) is 5.56 Å². The van der Waals surface area contributed by atoms with Crippen LogP contribution in [0.2, 0.25) is 0 Å². The van der Waals surface area contributed by atoms with Gasteiger partial charge in [-0.1, -0.05) is 12.1 Å². The molecule has 2 unspecified atom stereocenters. The molecular formula is C18H23N3O3. The molecule has 1 aliphatic rings. The molecule has 6 heteroatoms. The SMILES string of the molecule is COc1cccc(C(O)C(=O)N2CCC(Cc3cnn(C)c3)C2)c1. The van der Waals surface area contributed by atoms with Crippen LogP contribution in [0.5, 0.6) is 5.75 Å². The number of aliphatic hydroxyl groups is 1. The maximum absolute atomic E-state index is 12.6. The molecule has 2 atom stereocenters. The highest BCUT2D eigenvalue weighted by Crippen LogP contribution is 2.26. The van der Waals surface area contributed by atoms with Gasteiger partial charge in [-0.15, -0.1) is 0 Å². The van der Waals surface area contributed by atoms with Gasteiger partial charge in [0.1, 0.15) is 5.75 Å². The molecule has 2 aromatic rings. The van der Waals surface area contributed by atoms with E-state index in [0.717, 1.165) is 12.8 Å². The van der Waals surface area contributed by atoms with Crippen LogP contribution in [-0.4, -0.2) is 45.9 Å². The normalized spacial score (nSPS) is 18.6. The van der Waals surface area contributed by atoms with Crippen molar-refractivity contribution >= 4 is 5.91 Å². The van der Waals surface area contributed by atoms with E-state index in [0.29, 0.717) is 30.3 Å². The molecule has 24 heavy (non-hydrogen) atoms. The average molecular weight is 329 g/mol. The molecule has 0 spiro atoms. The number of hydrogen-bond acceptors (Lipinski definition) is 4. The molecule has 3 rings (SSSR count). The lowest BCUT2D eigenvalue weighted by Crippen LogP contribution is -2.33. The van der Waals surface area contributed by atoms with E-state index in [1.54, 1.807) is 41.0 Å². The summed E-state index contributed by atoms with van der Waals surface area (Å²) in [4.78, 5) is 14.3. The number of carbonyl (C=O) groups is 1. The van der Waals surface area contributed by atoms with Crippen LogP contribution in [0.1, 0.15) is 23.7 Å². The van der Waals surface area contributed by atoms with E-state index in [4.69, 9.17) is 4.74 Å². The third-order valence-corrected chi connectivity index (χ3v) is 4.52. The standard InChI is InChI=1S/C18H23N3O3/c1-20-11-14(10-19-20)8-13-6-7-21(12-13)18(23)17(22)15-4-3-5-16(9-15)24-2/h3-5,9-11,13,17,22H,6-8,12H2,1-2H3. The van der Waals surface area contributed by atoms with Gasteiger partial charge < -0.3 is 14.7 Å². The minimum absolute atomic E-state index is 0.239. The molecule has 1 aromatic carbocycles. The number of hydrogen-bond donors (Lipinski definition) is 1. The molecule has 2 heterocycles. The molecule has 6 nitrogen and oxygen atoms in total.